The van der Waals surface area contributed by atoms with Crippen LogP contribution in [0, 0.1) is 0 Å². The topological polar surface area (TPSA) is 85.2 Å². The molecule has 0 atom stereocenters. The Hall–Kier alpha value is -3.45. The SMILES string of the molecule is COc1cc(/C=C/C(=O)/C=C(O)/C=C/c2ccc(O[Si](C)(C)C(C)(C)C)c(OC)c2)ccc1O. The summed E-state index contributed by atoms with van der Waals surface area (Å²) in [6.45, 7) is 10.9. The molecule has 0 aliphatic rings. The number of carbonyl (C=O) groups excluding carboxylic acids is 1. The minimum Gasteiger partial charge on any atom is -0.541 e. The van der Waals surface area contributed by atoms with E-state index in [1.807, 2.05) is 18.2 Å². The van der Waals surface area contributed by atoms with E-state index in [-0.39, 0.29) is 22.3 Å². The van der Waals surface area contributed by atoms with Crippen LogP contribution in [0.1, 0.15) is 31.9 Å². The smallest absolute Gasteiger partial charge is 0.250 e. The maximum Gasteiger partial charge on any atom is 0.250 e. The van der Waals surface area contributed by atoms with Gasteiger partial charge in [0.2, 0.25) is 0 Å². The Bertz CT molecular complexity index is 1110. The van der Waals surface area contributed by atoms with Crippen LogP contribution in [-0.2, 0) is 4.79 Å². The van der Waals surface area contributed by atoms with Crippen LogP contribution in [0.4, 0.5) is 0 Å². The second-order valence-electron chi connectivity index (χ2n) is 9.34. The summed E-state index contributed by atoms with van der Waals surface area (Å²) in [7, 11) is 1.02. The van der Waals surface area contributed by atoms with Crippen molar-refractivity contribution < 1.29 is 28.9 Å². The number of carbonyl (C=O) groups is 1. The zero-order valence-electron chi connectivity index (χ0n) is 20.9. The quantitative estimate of drug-likeness (QED) is 0.183. The van der Waals surface area contributed by atoms with E-state index in [0.29, 0.717) is 22.8 Å². The molecule has 34 heavy (non-hydrogen) atoms. The minimum atomic E-state index is -2.02. The van der Waals surface area contributed by atoms with Crippen molar-refractivity contribution in [2.24, 2.45) is 0 Å². The molecule has 0 saturated heterocycles. The molecular formula is C27H34O6Si. The van der Waals surface area contributed by atoms with Crippen molar-refractivity contribution >= 4 is 26.3 Å². The van der Waals surface area contributed by atoms with Gasteiger partial charge in [0.05, 0.1) is 14.2 Å². The normalized spacial score (nSPS) is 12.9. The maximum absolute atomic E-state index is 12.1. The Balaban J connectivity index is 2.11. The summed E-state index contributed by atoms with van der Waals surface area (Å²) in [5.41, 5.74) is 1.47. The largest absolute Gasteiger partial charge is 0.541 e. The Morgan fingerprint density at radius 1 is 0.882 bits per heavy atom. The molecule has 0 spiro atoms. The number of rotatable bonds is 9. The van der Waals surface area contributed by atoms with Crippen molar-refractivity contribution in [1.82, 2.24) is 0 Å². The lowest BCUT2D eigenvalue weighted by Crippen LogP contribution is -2.43. The van der Waals surface area contributed by atoms with E-state index >= 15 is 0 Å². The number of hydrogen-bond donors (Lipinski definition) is 2. The first-order valence-electron chi connectivity index (χ1n) is 10.9. The predicted molar refractivity (Wildman–Crippen MR) is 139 cm³/mol. The van der Waals surface area contributed by atoms with Gasteiger partial charge < -0.3 is 24.1 Å². The molecule has 0 heterocycles. The third-order valence-corrected chi connectivity index (χ3v) is 10.1. The molecular weight excluding hydrogens is 448 g/mol. The molecule has 0 aliphatic carbocycles. The standard InChI is InChI=1S/C27H34O6Si/c1-27(2,3)34(6,7)33-24-15-11-20(17-26(24)32-5)9-13-22(29)18-21(28)12-8-19-10-14-23(30)25(16-19)31-4/h8-18,29-30H,1-7H3/b12-8+,13-9+,22-18-. The predicted octanol–water partition coefficient (Wildman–Crippen LogP) is 6.53. The molecule has 0 bridgehead atoms. The molecule has 0 unspecified atom stereocenters. The Kier molecular flexibility index (Phi) is 8.76. The second kappa shape index (κ2) is 11.1. The van der Waals surface area contributed by atoms with Crippen molar-refractivity contribution in [2.75, 3.05) is 14.2 Å². The molecule has 2 aromatic carbocycles. The zero-order chi connectivity index (χ0) is 25.5. The molecule has 2 aromatic rings. The Morgan fingerprint density at radius 2 is 1.44 bits per heavy atom. The van der Waals surface area contributed by atoms with Crippen LogP contribution in [0.3, 0.4) is 0 Å². The third-order valence-electron chi connectivity index (χ3n) is 5.74. The molecule has 2 rings (SSSR count). The summed E-state index contributed by atoms with van der Waals surface area (Å²) in [5, 5.41) is 19.8. The van der Waals surface area contributed by atoms with Crippen LogP contribution < -0.4 is 13.9 Å². The fourth-order valence-corrected chi connectivity index (χ4v) is 3.72. The number of phenolic OH excluding ortho intramolecular Hbond substituents is 1. The molecule has 0 aliphatic heterocycles. The molecule has 2 N–H and O–H groups in total. The fraction of sp³-hybridized carbons (Fsp3) is 0.296. The van der Waals surface area contributed by atoms with Crippen LogP contribution in [0.15, 0.2) is 60.4 Å². The van der Waals surface area contributed by atoms with Crippen molar-refractivity contribution in [2.45, 2.75) is 38.9 Å². The number of benzene rings is 2. The average Bonchev–Trinajstić information content (AvgIpc) is 2.76. The van der Waals surface area contributed by atoms with Gasteiger partial charge in [-0.05, 0) is 65.7 Å². The van der Waals surface area contributed by atoms with Crippen molar-refractivity contribution in [1.29, 1.82) is 0 Å². The summed E-state index contributed by atoms with van der Waals surface area (Å²) in [4.78, 5) is 12.1. The van der Waals surface area contributed by atoms with Crippen LogP contribution >= 0.6 is 0 Å². The highest BCUT2D eigenvalue weighted by Gasteiger charge is 2.39. The van der Waals surface area contributed by atoms with Gasteiger partial charge in [-0.15, -0.1) is 0 Å². The van der Waals surface area contributed by atoms with Gasteiger partial charge in [0.25, 0.3) is 8.32 Å². The van der Waals surface area contributed by atoms with Crippen molar-refractivity contribution in [3.63, 3.8) is 0 Å². The number of aliphatic hydroxyl groups is 1. The lowest BCUT2D eigenvalue weighted by molar-refractivity contribution is -0.110. The zero-order valence-corrected chi connectivity index (χ0v) is 21.9. The first kappa shape index (κ1) is 26.8. The molecule has 0 saturated carbocycles. The maximum atomic E-state index is 12.1. The van der Waals surface area contributed by atoms with E-state index in [2.05, 4.69) is 33.9 Å². The van der Waals surface area contributed by atoms with E-state index in [0.717, 1.165) is 11.6 Å². The number of ketones is 1. The molecule has 0 amide bonds. The minimum absolute atomic E-state index is 0.0184. The third kappa shape index (κ3) is 7.28. The first-order chi connectivity index (χ1) is 15.9. The summed E-state index contributed by atoms with van der Waals surface area (Å²) in [6.07, 6.45) is 7.15. The van der Waals surface area contributed by atoms with Gasteiger partial charge in [0.15, 0.2) is 23.0 Å². The van der Waals surface area contributed by atoms with Gasteiger partial charge in [0.1, 0.15) is 11.5 Å². The van der Waals surface area contributed by atoms with Gasteiger partial charge in [-0.1, -0.05) is 45.1 Å². The number of aliphatic hydroxyl groups excluding tert-OH is 1. The monoisotopic (exact) mass is 482 g/mol. The fourth-order valence-electron chi connectivity index (χ4n) is 2.70. The summed E-state index contributed by atoms with van der Waals surface area (Å²) in [6, 6.07) is 10.3. The average molecular weight is 483 g/mol. The summed E-state index contributed by atoms with van der Waals surface area (Å²) >= 11 is 0. The molecule has 0 fully saturated rings. The molecule has 0 aromatic heterocycles. The van der Waals surface area contributed by atoms with Crippen LogP contribution in [-0.4, -0.2) is 38.5 Å². The van der Waals surface area contributed by atoms with Gasteiger partial charge in [0, 0.05) is 6.08 Å². The lowest BCUT2D eigenvalue weighted by Gasteiger charge is -2.36. The van der Waals surface area contributed by atoms with Crippen molar-refractivity contribution in [3.8, 4) is 23.0 Å². The van der Waals surface area contributed by atoms with E-state index in [1.165, 1.54) is 25.3 Å². The second-order valence-corrected chi connectivity index (χ2v) is 14.1. The highest BCUT2D eigenvalue weighted by atomic mass is 28.4. The number of allylic oxidation sites excluding steroid dienone is 3. The lowest BCUT2D eigenvalue weighted by atomic mass is 10.1. The highest BCUT2D eigenvalue weighted by Crippen LogP contribution is 2.40. The van der Waals surface area contributed by atoms with Gasteiger partial charge in [-0.3, -0.25) is 4.79 Å². The molecule has 182 valence electrons. The molecule has 6 nitrogen and oxygen atoms in total. The Morgan fingerprint density at radius 3 is 2.03 bits per heavy atom. The van der Waals surface area contributed by atoms with E-state index in [9.17, 15) is 15.0 Å². The first-order valence-corrected chi connectivity index (χ1v) is 13.8. The van der Waals surface area contributed by atoms with E-state index in [1.54, 1.807) is 31.4 Å². The van der Waals surface area contributed by atoms with E-state index < -0.39 is 8.32 Å². The number of hydrogen-bond acceptors (Lipinski definition) is 6. The van der Waals surface area contributed by atoms with Crippen molar-refractivity contribution in [3.05, 3.63) is 71.5 Å². The molecule has 7 heteroatoms. The number of ether oxygens (including phenoxy) is 2. The van der Waals surface area contributed by atoms with Crippen LogP contribution in [0.5, 0.6) is 23.0 Å². The summed E-state index contributed by atoms with van der Waals surface area (Å²) < 4.78 is 16.9. The van der Waals surface area contributed by atoms with Gasteiger partial charge >= 0.3 is 0 Å². The van der Waals surface area contributed by atoms with Crippen LogP contribution in [0.25, 0.3) is 12.2 Å². The Labute approximate surface area is 202 Å². The summed E-state index contributed by atoms with van der Waals surface area (Å²) in [5.74, 6) is 1.07. The van der Waals surface area contributed by atoms with Crippen LogP contribution in [0.2, 0.25) is 18.1 Å². The number of phenols is 1. The number of aromatic hydroxyl groups is 1. The number of methoxy groups -OCH3 is 2. The van der Waals surface area contributed by atoms with E-state index in [4.69, 9.17) is 13.9 Å². The molecule has 0 radical (unpaired) electrons. The van der Waals surface area contributed by atoms with Gasteiger partial charge in [-0.2, -0.15) is 0 Å². The highest BCUT2D eigenvalue weighted by molar-refractivity contribution is 6.74. The van der Waals surface area contributed by atoms with Gasteiger partial charge in [-0.25, -0.2) is 0 Å².